The second-order valence-electron chi connectivity index (χ2n) is 4.53. The Balaban J connectivity index is 2.47. The number of halogens is 2. The highest BCUT2D eigenvalue weighted by Gasteiger charge is 2.32. The van der Waals surface area contributed by atoms with Crippen LogP contribution in [0.15, 0.2) is 12.1 Å². The number of ether oxygens (including phenoxy) is 1. The van der Waals surface area contributed by atoms with Crippen LogP contribution in [0, 0.1) is 17.6 Å². The van der Waals surface area contributed by atoms with Gasteiger partial charge in [0.1, 0.15) is 5.75 Å². The largest absolute Gasteiger partial charge is 0.493 e. The third kappa shape index (κ3) is 2.62. The molecule has 1 unspecified atom stereocenters. The molecule has 0 fully saturated rings. The van der Waals surface area contributed by atoms with Crippen LogP contribution in [0.25, 0.3) is 0 Å². The van der Waals surface area contributed by atoms with E-state index in [1.54, 1.807) is 6.92 Å². The van der Waals surface area contributed by atoms with Gasteiger partial charge in [0.05, 0.1) is 12.4 Å². The summed E-state index contributed by atoms with van der Waals surface area (Å²) in [4.78, 5) is 0. The number of sulfonamides is 1. The highest BCUT2D eigenvalue weighted by molar-refractivity contribution is 7.89. The van der Waals surface area contributed by atoms with Gasteiger partial charge < -0.3 is 4.74 Å². The molecule has 0 aromatic heterocycles. The van der Waals surface area contributed by atoms with Gasteiger partial charge in [0.2, 0.25) is 10.0 Å². The number of rotatable bonds is 2. The van der Waals surface area contributed by atoms with Gasteiger partial charge >= 0.3 is 0 Å². The van der Waals surface area contributed by atoms with E-state index in [0.717, 1.165) is 12.1 Å². The van der Waals surface area contributed by atoms with Crippen molar-refractivity contribution in [1.29, 1.82) is 0 Å². The van der Waals surface area contributed by atoms with E-state index in [4.69, 9.17) is 9.88 Å². The summed E-state index contributed by atoms with van der Waals surface area (Å²) in [6, 6.07) is 1.92. The quantitative estimate of drug-likeness (QED) is 0.887. The van der Waals surface area contributed by atoms with Crippen molar-refractivity contribution in [2.24, 2.45) is 11.1 Å². The summed E-state index contributed by atoms with van der Waals surface area (Å²) < 4.78 is 53.9. The summed E-state index contributed by atoms with van der Waals surface area (Å²) >= 11 is 0. The first-order chi connectivity index (χ1) is 8.28. The lowest BCUT2D eigenvalue weighted by atomic mass is 9.86. The first kappa shape index (κ1) is 13.2. The van der Waals surface area contributed by atoms with Crippen molar-refractivity contribution >= 4 is 10.0 Å². The van der Waals surface area contributed by atoms with E-state index in [1.165, 1.54) is 0 Å². The predicted octanol–water partition coefficient (Wildman–Crippen LogP) is 1.37. The summed E-state index contributed by atoms with van der Waals surface area (Å²) in [6.07, 6.45) is 0. The number of nitrogens with two attached hydrogens (primary N) is 1. The smallest absolute Gasteiger partial charge is 0.209 e. The topological polar surface area (TPSA) is 69.4 Å². The van der Waals surface area contributed by atoms with Gasteiger partial charge in [0.25, 0.3) is 0 Å². The molecule has 0 aliphatic carbocycles. The maximum atomic E-state index is 13.2. The van der Waals surface area contributed by atoms with Crippen LogP contribution >= 0.6 is 0 Å². The molecule has 1 aliphatic rings. The predicted molar refractivity (Wildman–Crippen MR) is 61.7 cm³/mol. The summed E-state index contributed by atoms with van der Waals surface area (Å²) in [7, 11) is -3.69. The fourth-order valence-corrected chi connectivity index (χ4v) is 3.12. The molecule has 0 amide bonds. The van der Waals surface area contributed by atoms with Crippen LogP contribution in [0.5, 0.6) is 5.75 Å². The lowest BCUT2D eigenvalue weighted by molar-refractivity contribution is 0.210. The lowest BCUT2D eigenvalue weighted by Gasteiger charge is -2.31. The molecule has 1 aromatic carbocycles. The van der Waals surface area contributed by atoms with Crippen molar-refractivity contribution in [1.82, 2.24) is 0 Å². The Morgan fingerprint density at radius 2 is 2.00 bits per heavy atom. The van der Waals surface area contributed by atoms with Crippen molar-refractivity contribution in [3.63, 3.8) is 0 Å². The van der Waals surface area contributed by atoms with Crippen LogP contribution in [-0.2, 0) is 10.0 Å². The minimum atomic E-state index is -3.69. The van der Waals surface area contributed by atoms with Crippen molar-refractivity contribution in [3.05, 3.63) is 29.3 Å². The molecular weight excluding hydrogens is 264 g/mol. The normalized spacial score (nSPS) is 23.3. The second kappa shape index (κ2) is 4.47. The SMILES string of the molecule is CC1COc2cc(F)c(F)cc2[C@H]1CS(N)(=O)=O. The molecule has 100 valence electrons. The van der Waals surface area contributed by atoms with Gasteiger partial charge in [0.15, 0.2) is 11.6 Å². The van der Waals surface area contributed by atoms with Crippen molar-refractivity contribution in [2.75, 3.05) is 12.4 Å². The zero-order valence-corrected chi connectivity index (χ0v) is 10.5. The van der Waals surface area contributed by atoms with E-state index in [2.05, 4.69) is 0 Å². The van der Waals surface area contributed by atoms with Gasteiger partial charge in [-0.1, -0.05) is 6.92 Å². The molecule has 1 aromatic rings. The minimum absolute atomic E-state index is 0.138. The van der Waals surface area contributed by atoms with Gasteiger partial charge in [-0.2, -0.15) is 0 Å². The maximum Gasteiger partial charge on any atom is 0.209 e. The Morgan fingerprint density at radius 1 is 1.39 bits per heavy atom. The number of hydrogen-bond acceptors (Lipinski definition) is 3. The highest BCUT2D eigenvalue weighted by atomic mass is 32.2. The molecule has 2 N–H and O–H groups in total. The second-order valence-corrected chi connectivity index (χ2v) is 6.19. The van der Waals surface area contributed by atoms with Crippen LogP contribution < -0.4 is 9.88 Å². The van der Waals surface area contributed by atoms with E-state index in [0.29, 0.717) is 5.56 Å². The third-order valence-electron chi connectivity index (χ3n) is 3.05. The van der Waals surface area contributed by atoms with Crippen LogP contribution in [0.1, 0.15) is 18.4 Å². The van der Waals surface area contributed by atoms with Crippen LogP contribution in [0.4, 0.5) is 8.78 Å². The van der Waals surface area contributed by atoms with Gasteiger partial charge in [-0.25, -0.2) is 22.3 Å². The van der Waals surface area contributed by atoms with E-state index in [-0.39, 0.29) is 24.0 Å². The van der Waals surface area contributed by atoms with Gasteiger partial charge in [-0.05, 0) is 12.0 Å². The summed E-state index contributed by atoms with van der Waals surface area (Å²) in [5.41, 5.74) is 0.349. The Labute approximate surface area is 104 Å². The Kier molecular flexibility index (Phi) is 3.29. The Bertz CT molecular complexity index is 574. The molecule has 18 heavy (non-hydrogen) atoms. The molecule has 1 heterocycles. The van der Waals surface area contributed by atoms with Crippen LogP contribution in [0.2, 0.25) is 0 Å². The number of fused-ring (bicyclic) bond motifs is 1. The van der Waals surface area contributed by atoms with E-state index in [9.17, 15) is 17.2 Å². The standard InChI is InChI=1S/C11H13F2NO3S/c1-6-4-17-11-3-10(13)9(12)2-7(11)8(6)5-18(14,15)16/h2-3,6,8H,4-5H2,1H3,(H2,14,15,16)/t6?,8-/m0/s1. The molecule has 0 saturated heterocycles. The molecule has 1 aliphatic heterocycles. The number of primary sulfonamides is 1. The van der Waals surface area contributed by atoms with E-state index < -0.39 is 27.6 Å². The first-order valence-corrected chi connectivity index (χ1v) is 7.11. The maximum absolute atomic E-state index is 13.2. The van der Waals surface area contributed by atoms with Crippen LogP contribution in [-0.4, -0.2) is 20.8 Å². The average Bonchev–Trinajstić information content (AvgIpc) is 2.24. The van der Waals surface area contributed by atoms with Crippen molar-refractivity contribution in [2.45, 2.75) is 12.8 Å². The molecular formula is C11H13F2NO3S. The first-order valence-electron chi connectivity index (χ1n) is 5.40. The van der Waals surface area contributed by atoms with E-state index >= 15 is 0 Å². The lowest BCUT2D eigenvalue weighted by Crippen LogP contribution is -2.31. The fourth-order valence-electron chi connectivity index (χ4n) is 2.11. The van der Waals surface area contributed by atoms with Gasteiger partial charge in [-0.15, -0.1) is 0 Å². The molecule has 2 atom stereocenters. The van der Waals surface area contributed by atoms with Crippen molar-refractivity contribution in [3.8, 4) is 5.75 Å². The zero-order chi connectivity index (χ0) is 13.5. The summed E-state index contributed by atoms with van der Waals surface area (Å²) in [5, 5.41) is 5.02. The molecule has 0 spiro atoms. The van der Waals surface area contributed by atoms with Crippen molar-refractivity contribution < 1.29 is 21.9 Å². The van der Waals surface area contributed by atoms with Gasteiger partial charge in [-0.3, -0.25) is 0 Å². The minimum Gasteiger partial charge on any atom is -0.493 e. The molecule has 7 heteroatoms. The number of hydrogen-bond donors (Lipinski definition) is 1. The zero-order valence-electron chi connectivity index (χ0n) is 9.69. The fraction of sp³-hybridized carbons (Fsp3) is 0.455. The summed E-state index contributed by atoms with van der Waals surface area (Å²) in [6.45, 7) is 2.03. The highest BCUT2D eigenvalue weighted by Crippen LogP contribution is 2.38. The van der Waals surface area contributed by atoms with Crippen LogP contribution in [0.3, 0.4) is 0 Å². The Hall–Kier alpha value is -1.21. The molecule has 2 rings (SSSR count). The summed E-state index contributed by atoms with van der Waals surface area (Å²) in [5.74, 6) is -2.79. The van der Waals surface area contributed by atoms with Gasteiger partial charge in [0, 0.05) is 17.5 Å². The monoisotopic (exact) mass is 277 g/mol. The molecule has 4 nitrogen and oxygen atoms in total. The Morgan fingerprint density at radius 3 is 2.61 bits per heavy atom. The third-order valence-corrected chi connectivity index (χ3v) is 3.88. The van der Waals surface area contributed by atoms with E-state index in [1.807, 2.05) is 0 Å². The average molecular weight is 277 g/mol. The molecule has 0 radical (unpaired) electrons. The molecule has 0 saturated carbocycles. The number of benzene rings is 1. The molecule has 0 bridgehead atoms.